The largest absolute Gasteiger partial charge is 0.391 e. The van der Waals surface area contributed by atoms with Crippen LogP contribution in [0.3, 0.4) is 0 Å². The van der Waals surface area contributed by atoms with E-state index in [-0.39, 0.29) is 23.8 Å². The summed E-state index contributed by atoms with van der Waals surface area (Å²) in [6.45, 7) is 3.91. The van der Waals surface area contributed by atoms with Crippen LogP contribution in [-0.2, 0) is 4.79 Å². The highest BCUT2D eigenvalue weighted by Crippen LogP contribution is 2.38. The van der Waals surface area contributed by atoms with Crippen LogP contribution in [0, 0.1) is 5.92 Å². The molecule has 16 heavy (non-hydrogen) atoms. The number of aliphatic hydroxyl groups excluding tert-OH is 1. The Morgan fingerprint density at radius 2 is 2.00 bits per heavy atom. The topological polar surface area (TPSA) is 40.5 Å². The summed E-state index contributed by atoms with van der Waals surface area (Å²) in [5, 5.41) is 9.88. The SMILES string of the molecule is CC(C)=CC(=O)[C@H]1C[C@H]2C[C@H](O)[C@@H](C1)N2C. The van der Waals surface area contributed by atoms with Crippen LogP contribution >= 0.6 is 0 Å². The van der Waals surface area contributed by atoms with E-state index in [9.17, 15) is 9.90 Å². The molecule has 0 radical (unpaired) electrons. The number of ketones is 1. The van der Waals surface area contributed by atoms with E-state index in [1.54, 1.807) is 6.08 Å². The molecule has 0 aromatic heterocycles. The van der Waals surface area contributed by atoms with Crippen LogP contribution in [0.15, 0.2) is 11.6 Å². The highest BCUT2D eigenvalue weighted by Gasteiger charge is 2.45. The van der Waals surface area contributed by atoms with Gasteiger partial charge in [-0.15, -0.1) is 0 Å². The van der Waals surface area contributed by atoms with Gasteiger partial charge in [0.25, 0.3) is 0 Å². The molecule has 0 aromatic rings. The van der Waals surface area contributed by atoms with Crippen LogP contribution in [0.25, 0.3) is 0 Å². The lowest BCUT2D eigenvalue weighted by Crippen LogP contribution is -2.43. The highest BCUT2D eigenvalue weighted by atomic mass is 16.3. The molecule has 0 saturated carbocycles. The normalized spacial score (nSPS) is 38.5. The van der Waals surface area contributed by atoms with Crippen LogP contribution in [0.1, 0.15) is 33.1 Å². The number of likely N-dealkylation sites (N-methyl/N-ethyl adjacent to an activating group) is 1. The summed E-state index contributed by atoms with van der Waals surface area (Å²) in [6.07, 6.45) is 4.07. The summed E-state index contributed by atoms with van der Waals surface area (Å²) in [5.41, 5.74) is 1.07. The summed E-state index contributed by atoms with van der Waals surface area (Å²) in [5.74, 6) is 0.371. The number of hydrogen-bond acceptors (Lipinski definition) is 3. The number of fused-ring (bicyclic) bond motifs is 2. The summed E-state index contributed by atoms with van der Waals surface area (Å²) >= 11 is 0. The van der Waals surface area contributed by atoms with E-state index in [1.165, 1.54) is 0 Å². The fraction of sp³-hybridized carbons (Fsp3) is 0.769. The average Bonchev–Trinajstić information content (AvgIpc) is 2.36. The standard InChI is InChI=1S/C13H21NO2/c1-8(2)4-12(15)9-5-10-7-13(16)11(6-9)14(10)3/h4,9-11,13,16H,5-7H2,1-3H3/t9-,10-,11+,13-/m0/s1. The molecule has 4 atom stereocenters. The van der Waals surface area contributed by atoms with Crippen LogP contribution < -0.4 is 0 Å². The van der Waals surface area contributed by atoms with Gasteiger partial charge in [0.1, 0.15) is 0 Å². The Kier molecular flexibility index (Phi) is 3.17. The molecule has 2 saturated heterocycles. The number of carbonyl (C=O) groups excluding carboxylic acids is 1. The maximum absolute atomic E-state index is 12.0. The first kappa shape index (κ1) is 11.8. The Morgan fingerprint density at radius 3 is 2.56 bits per heavy atom. The van der Waals surface area contributed by atoms with Gasteiger partial charge in [0, 0.05) is 18.0 Å². The first-order chi connectivity index (χ1) is 7.49. The zero-order valence-electron chi connectivity index (χ0n) is 10.3. The van der Waals surface area contributed by atoms with Gasteiger partial charge >= 0.3 is 0 Å². The van der Waals surface area contributed by atoms with E-state index in [0.29, 0.717) is 6.04 Å². The van der Waals surface area contributed by atoms with Gasteiger partial charge in [-0.25, -0.2) is 0 Å². The van der Waals surface area contributed by atoms with Crippen molar-refractivity contribution in [2.75, 3.05) is 7.05 Å². The summed E-state index contributed by atoms with van der Waals surface area (Å²) in [4.78, 5) is 14.2. The van der Waals surface area contributed by atoms with Crippen LogP contribution in [0.4, 0.5) is 0 Å². The third-order valence-electron chi connectivity index (χ3n) is 3.97. The molecule has 3 nitrogen and oxygen atoms in total. The number of aliphatic hydroxyl groups is 1. The van der Waals surface area contributed by atoms with Gasteiger partial charge in [-0.3, -0.25) is 9.69 Å². The molecule has 0 unspecified atom stereocenters. The predicted octanol–water partition coefficient (Wildman–Crippen LogP) is 1.37. The number of nitrogens with zero attached hydrogens (tertiary/aromatic N) is 1. The van der Waals surface area contributed by atoms with Gasteiger partial charge in [0.05, 0.1) is 6.10 Å². The van der Waals surface area contributed by atoms with Crippen molar-refractivity contribution in [2.24, 2.45) is 5.92 Å². The molecule has 2 heterocycles. The summed E-state index contributed by atoms with van der Waals surface area (Å²) < 4.78 is 0. The van der Waals surface area contributed by atoms with Crippen molar-refractivity contribution in [1.82, 2.24) is 4.90 Å². The van der Waals surface area contributed by atoms with Crippen LogP contribution in [0.2, 0.25) is 0 Å². The van der Waals surface area contributed by atoms with Crippen LogP contribution in [-0.4, -0.2) is 41.0 Å². The van der Waals surface area contributed by atoms with Gasteiger partial charge in [0.2, 0.25) is 0 Å². The second-order valence-electron chi connectivity index (χ2n) is 5.48. The highest BCUT2D eigenvalue weighted by molar-refractivity contribution is 5.92. The molecule has 90 valence electrons. The zero-order valence-corrected chi connectivity index (χ0v) is 10.3. The molecule has 2 aliphatic heterocycles. The van der Waals surface area contributed by atoms with E-state index in [1.807, 2.05) is 13.8 Å². The number of hydrogen-bond donors (Lipinski definition) is 1. The fourth-order valence-corrected chi connectivity index (χ4v) is 3.08. The predicted molar refractivity (Wildman–Crippen MR) is 63.1 cm³/mol. The number of carbonyl (C=O) groups is 1. The first-order valence-corrected chi connectivity index (χ1v) is 6.07. The molecule has 2 rings (SSSR count). The van der Waals surface area contributed by atoms with E-state index in [0.717, 1.165) is 24.8 Å². The first-order valence-electron chi connectivity index (χ1n) is 6.07. The third-order valence-corrected chi connectivity index (χ3v) is 3.97. The second kappa shape index (κ2) is 4.30. The van der Waals surface area contributed by atoms with E-state index in [4.69, 9.17) is 0 Å². The van der Waals surface area contributed by atoms with Gasteiger partial charge in [-0.1, -0.05) is 5.57 Å². The van der Waals surface area contributed by atoms with E-state index >= 15 is 0 Å². The molecule has 1 N–H and O–H groups in total. The maximum atomic E-state index is 12.0. The quantitative estimate of drug-likeness (QED) is 0.719. The molecule has 0 aromatic carbocycles. The van der Waals surface area contributed by atoms with Crippen molar-refractivity contribution in [1.29, 1.82) is 0 Å². The summed E-state index contributed by atoms with van der Waals surface area (Å²) in [7, 11) is 2.06. The number of rotatable bonds is 2. The van der Waals surface area contributed by atoms with Crippen molar-refractivity contribution < 1.29 is 9.90 Å². The van der Waals surface area contributed by atoms with Crippen molar-refractivity contribution in [3.63, 3.8) is 0 Å². The molecule has 0 spiro atoms. The minimum absolute atomic E-state index is 0.123. The molecule has 2 bridgehead atoms. The van der Waals surface area contributed by atoms with Gasteiger partial charge in [-0.2, -0.15) is 0 Å². The molecule has 2 aliphatic rings. The maximum Gasteiger partial charge on any atom is 0.158 e. The minimum atomic E-state index is -0.237. The Bertz CT molecular complexity index is 320. The van der Waals surface area contributed by atoms with E-state index in [2.05, 4.69) is 11.9 Å². The number of allylic oxidation sites excluding steroid dienone is 2. The molecular weight excluding hydrogens is 202 g/mol. The molecule has 3 heteroatoms. The monoisotopic (exact) mass is 223 g/mol. The van der Waals surface area contributed by atoms with Gasteiger partial charge < -0.3 is 5.11 Å². The zero-order chi connectivity index (χ0) is 11.9. The van der Waals surface area contributed by atoms with Crippen molar-refractivity contribution >= 4 is 5.78 Å². The molecule has 0 amide bonds. The third kappa shape index (κ3) is 2.06. The lowest BCUT2D eigenvalue weighted by atomic mass is 9.87. The van der Waals surface area contributed by atoms with Crippen molar-refractivity contribution in [2.45, 2.75) is 51.3 Å². The lowest BCUT2D eigenvalue weighted by Gasteiger charge is -2.35. The molecular formula is C13H21NO2. The summed E-state index contributed by atoms with van der Waals surface area (Å²) in [6, 6.07) is 0.589. The van der Waals surface area contributed by atoms with Crippen LogP contribution in [0.5, 0.6) is 0 Å². The Balaban J connectivity index is 2.07. The van der Waals surface area contributed by atoms with E-state index < -0.39 is 0 Å². The van der Waals surface area contributed by atoms with Crippen molar-refractivity contribution in [3.05, 3.63) is 11.6 Å². The molecule has 2 fully saturated rings. The van der Waals surface area contributed by atoms with Gasteiger partial charge in [-0.05, 0) is 46.2 Å². The number of piperidine rings is 1. The van der Waals surface area contributed by atoms with Crippen molar-refractivity contribution in [3.8, 4) is 0 Å². The Morgan fingerprint density at radius 1 is 1.31 bits per heavy atom. The molecule has 0 aliphatic carbocycles. The Hall–Kier alpha value is -0.670. The Labute approximate surface area is 97.1 Å². The minimum Gasteiger partial charge on any atom is -0.391 e. The lowest BCUT2D eigenvalue weighted by molar-refractivity contribution is -0.120. The average molecular weight is 223 g/mol. The second-order valence-corrected chi connectivity index (χ2v) is 5.48. The smallest absolute Gasteiger partial charge is 0.158 e. The fourth-order valence-electron chi connectivity index (χ4n) is 3.08. The van der Waals surface area contributed by atoms with Gasteiger partial charge in [0.15, 0.2) is 5.78 Å².